The van der Waals surface area contributed by atoms with Gasteiger partial charge in [-0.1, -0.05) is 6.92 Å². The van der Waals surface area contributed by atoms with E-state index < -0.39 is 15.8 Å². The van der Waals surface area contributed by atoms with E-state index in [1.54, 1.807) is 6.07 Å². The van der Waals surface area contributed by atoms with Crippen molar-refractivity contribution in [2.24, 2.45) is 0 Å². The van der Waals surface area contributed by atoms with Gasteiger partial charge in [-0.05, 0) is 18.2 Å². The van der Waals surface area contributed by atoms with E-state index in [0.29, 0.717) is 12.2 Å². The van der Waals surface area contributed by atoms with Crippen LogP contribution in [0.3, 0.4) is 0 Å². The number of aromatic nitrogens is 1. The number of sulfonamides is 1. The maximum absolute atomic E-state index is 13.2. The smallest absolute Gasteiger partial charge is 0.241 e. The third kappa shape index (κ3) is 3.45. The van der Waals surface area contributed by atoms with Crippen molar-refractivity contribution in [3.05, 3.63) is 47.4 Å². The Morgan fingerprint density at radius 1 is 1.48 bits per heavy atom. The summed E-state index contributed by atoms with van der Waals surface area (Å²) in [4.78, 5) is 3.73. The van der Waals surface area contributed by atoms with E-state index in [1.807, 2.05) is 6.92 Å². The van der Waals surface area contributed by atoms with E-state index in [1.165, 1.54) is 6.20 Å². The number of hydrogen-bond donors (Lipinski definition) is 1. The monoisotopic (exact) mass is 309 g/mol. The molecule has 0 amide bonds. The zero-order valence-corrected chi connectivity index (χ0v) is 11.9. The minimum atomic E-state index is -3.87. The Morgan fingerprint density at radius 2 is 2.24 bits per heavy atom. The maximum Gasteiger partial charge on any atom is 0.241 e. The molecule has 0 aliphatic heterocycles. The van der Waals surface area contributed by atoms with E-state index >= 15 is 0 Å². The average molecular weight is 309 g/mol. The highest BCUT2D eigenvalue weighted by atomic mass is 32.2. The number of nitrogens with zero attached hydrogens (tertiary/aromatic N) is 2. The lowest BCUT2D eigenvalue weighted by atomic mass is 10.2. The van der Waals surface area contributed by atoms with Gasteiger partial charge in [-0.2, -0.15) is 5.26 Å². The van der Waals surface area contributed by atoms with Crippen LogP contribution in [0, 0.1) is 17.1 Å². The van der Waals surface area contributed by atoms with Gasteiger partial charge >= 0.3 is 0 Å². The molecule has 0 bridgehead atoms. The molecular formula is C13H12FN3O3S. The lowest BCUT2D eigenvalue weighted by molar-refractivity contribution is 0.452. The second-order valence-electron chi connectivity index (χ2n) is 4.15. The van der Waals surface area contributed by atoms with Crippen LogP contribution in [0.5, 0.6) is 0 Å². The van der Waals surface area contributed by atoms with Gasteiger partial charge in [0.25, 0.3) is 0 Å². The molecule has 2 rings (SSSR count). The van der Waals surface area contributed by atoms with E-state index in [4.69, 9.17) is 9.68 Å². The fourth-order valence-corrected chi connectivity index (χ4v) is 2.59. The van der Waals surface area contributed by atoms with Crippen molar-refractivity contribution in [2.75, 3.05) is 0 Å². The van der Waals surface area contributed by atoms with E-state index in [2.05, 4.69) is 9.71 Å². The molecule has 1 heterocycles. The van der Waals surface area contributed by atoms with Crippen LogP contribution in [0.2, 0.25) is 0 Å². The highest BCUT2D eigenvalue weighted by molar-refractivity contribution is 7.89. The van der Waals surface area contributed by atoms with Crippen molar-refractivity contribution in [3.63, 3.8) is 0 Å². The fourth-order valence-electron chi connectivity index (χ4n) is 1.59. The molecule has 0 saturated heterocycles. The molecule has 0 aliphatic rings. The molecule has 21 heavy (non-hydrogen) atoms. The summed E-state index contributed by atoms with van der Waals surface area (Å²) in [6, 6.07) is 4.60. The molecule has 2 aromatic rings. The number of halogens is 1. The normalized spacial score (nSPS) is 11.3. The second-order valence-corrected chi connectivity index (χ2v) is 5.92. The number of aryl methyl sites for hydroxylation is 1. The summed E-state index contributed by atoms with van der Waals surface area (Å²) in [6.45, 7) is 1.76. The molecule has 0 radical (unpaired) electrons. The first kappa shape index (κ1) is 15.2. The number of benzene rings is 1. The summed E-state index contributed by atoms with van der Waals surface area (Å²) in [5.74, 6) is 0.118. The highest BCUT2D eigenvalue weighted by Gasteiger charge is 2.17. The summed E-state index contributed by atoms with van der Waals surface area (Å²) in [7, 11) is -3.87. The van der Waals surface area contributed by atoms with Gasteiger partial charge in [-0.15, -0.1) is 0 Å². The van der Waals surface area contributed by atoms with E-state index in [9.17, 15) is 12.8 Å². The molecule has 0 saturated carbocycles. The predicted octanol–water partition coefficient (Wildman–Crippen LogP) is 1.73. The number of hydrogen-bond acceptors (Lipinski definition) is 5. The van der Waals surface area contributed by atoms with Crippen LogP contribution in [-0.2, 0) is 23.0 Å². The third-order valence-corrected chi connectivity index (χ3v) is 4.13. The minimum Gasteiger partial charge on any atom is -0.444 e. The standard InChI is InChI=1S/C13H12FN3O3S/c1-2-10-7-16-13(20-10)8-17-21(18,19)11-3-4-12(14)9(5-11)6-15/h3-5,7,17H,2,8H2,1H3. The summed E-state index contributed by atoms with van der Waals surface area (Å²) in [5.41, 5.74) is -0.331. The first-order valence-electron chi connectivity index (χ1n) is 6.09. The third-order valence-electron chi connectivity index (χ3n) is 2.73. The van der Waals surface area contributed by atoms with Crippen molar-refractivity contribution >= 4 is 10.0 Å². The number of oxazole rings is 1. The predicted molar refractivity (Wildman–Crippen MR) is 71.0 cm³/mol. The zero-order valence-electron chi connectivity index (χ0n) is 11.1. The molecular weight excluding hydrogens is 297 g/mol. The lowest BCUT2D eigenvalue weighted by Gasteiger charge is -2.05. The van der Waals surface area contributed by atoms with Crippen LogP contribution < -0.4 is 4.72 Å². The topological polar surface area (TPSA) is 96.0 Å². The van der Waals surface area contributed by atoms with Crippen molar-refractivity contribution < 1.29 is 17.2 Å². The SMILES string of the molecule is CCc1cnc(CNS(=O)(=O)c2ccc(F)c(C#N)c2)o1. The van der Waals surface area contributed by atoms with Gasteiger partial charge < -0.3 is 4.42 Å². The number of rotatable bonds is 5. The van der Waals surface area contributed by atoms with Gasteiger partial charge in [0.1, 0.15) is 17.6 Å². The second kappa shape index (κ2) is 6.03. The van der Waals surface area contributed by atoms with Gasteiger partial charge in [-0.25, -0.2) is 22.5 Å². The van der Waals surface area contributed by atoms with Crippen LogP contribution in [-0.4, -0.2) is 13.4 Å². The van der Waals surface area contributed by atoms with Gasteiger partial charge in [0.2, 0.25) is 15.9 Å². The molecule has 0 unspecified atom stereocenters. The molecule has 1 aromatic carbocycles. The Labute approximate surface area is 121 Å². The highest BCUT2D eigenvalue weighted by Crippen LogP contribution is 2.15. The Bertz CT molecular complexity index is 793. The maximum atomic E-state index is 13.2. The fraction of sp³-hybridized carbons (Fsp3) is 0.231. The van der Waals surface area contributed by atoms with Gasteiger partial charge in [-0.3, -0.25) is 0 Å². The summed E-state index contributed by atoms with van der Waals surface area (Å²) >= 11 is 0. The summed E-state index contributed by atoms with van der Waals surface area (Å²) < 4.78 is 44.8. The van der Waals surface area contributed by atoms with Crippen LogP contribution in [0.4, 0.5) is 4.39 Å². The molecule has 0 spiro atoms. The zero-order chi connectivity index (χ0) is 15.5. The molecule has 1 N–H and O–H groups in total. The first-order valence-corrected chi connectivity index (χ1v) is 7.57. The Kier molecular flexibility index (Phi) is 4.35. The quantitative estimate of drug-likeness (QED) is 0.907. The van der Waals surface area contributed by atoms with Crippen molar-refractivity contribution in [2.45, 2.75) is 24.8 Å². The number of nitriles is 1. The van der Waals surface area contributed by atoms with Crippen molar-refractivity contribution in [1.29, 1.82) is 5.26 Å². The lowest BCUT2D eigenvalue weighted by Crippen LogP contribution is -2.23. The average Bonchev–Trinajstić information content (AvgIpc) is 2.93. The van der Waals surface area contributed by atoms with Gasteiger partial charge in [0.05, 0.1) is 23.2 Å². The number of nitrogens with one attached hydrogen (secondary N) is 1. The molecule has 0 fully saturated rings. The Balaban J connectivity index is 2.17. The van der Waals surface area contributed by atoms with E-state index in [-0.39, 0.29) is 22.9 Å². The molecule has 1 aromatic heterocycles. The Hall–Kier alpha value is -2.24. The minimum absolute atomic E-state index is 0.123. The van der Waals surface area contributed by atoms with Gasteiger partial charge in [0, 0.05) is 6.42 Å². The van der Waals surface area contributed by atoms with Crippen LogP contribution in [0.25, 0.3) is 0 Å². The van der Waals surface area contributed by atoms with E-state index in [0.717, 1.165) is 18.2 Å². The first-order chi connectivity index (χ1) is 9.96. The summed E-state index contributed by atoms with van der Waals surface area (Å²) in [6.07, 6.45) is 2.18. The molecule has 0 atom stereocenters. The van der Waals surface area contributed by atoms with Crippen molar-refractivity contribution in [3.8, 4) is 6.07 Å². The van der Waals surface area contributed by atoms with Crippen molar-refractivity contribution in [1.82, 2.24) is 9.71 Å². The van der Waals surface area contributed by atoms with Crippen LogP contribution >= 0.6 is 0 Å². The Morgan fingerprint density at radius 3 is 2.86 bits per heavy atom. The van der Waals surface area contributed by atoms with Gasteiger partial charge in [0.15, 0.2) is 0 Å². The molecule has 110 valence electrons. The summed E-state index contributed by atoms with van der Waals surface area (Å²) in [5, 5.41) is 8.72. The molecule has 0 aliphatic carbocycles. The van der Waals surface area contributed by atoms with Crippen LogP contribution in [0.1, 0.15) is 24.1 Å². The van der Waals surface area contributed by atoms with Crippen LogP contribution in [0.15, 0.2) is 33.7 Å². The molecule has 8 heteroatoms. The largest absolute Gasteiger partial charge is 0.444 e. The molecule has 6 nitrogen and oxygen atoms in total.